The summed E-state index contributed by atoms with van der Waals surface area (Å²) in [6.45, 7) is 8.31. The van der Waals surface area contributed by atoms with Gasteiger partial charge in [-0.1, -0.05) is 57.6 Å². The van der Waals surface area contributed by atoms with E-state index < -0.39 is 6.09 Å². The topological polar surface area (TPSA) is 92.3 Å². The molecule has 232 valence electrons. The number of nitrogens with one attached hydrogen (secondary N) is 2. The summed E-state index contributed by atoms with van der Waals surface area (Å²) in [4.78, 5) is 32.8. The van der Waals surface area contributed by atoms with Crippen molar-refractivity contribution in [2.75, 3.05) is 58.4 Å². The standard InChI is InChI=1S/C31H45N5O4S.HI/c1-4-5-6-7-8-9-10-15-28(37)39-21-16-32-31(38)40-23-36(3)19-17-35(18-20-36)29-25-22-24(2)41-30(25)34-27-14-12-11-13-26(27)33-29;/h11-14,22H,4-10,15-21,23H2,1-3H3,(H-,32,33,34,38);1H. The maximum absolute atomic E-state index is 12.3. The summed E-state index contributed by atoms with van der Waals surface area (Å²) in [5.74, 6) is 0.792. The highest BCUT2D eigenvalue weighted by Gasteiger charge is 2.33. The highest BCUT2D eigenvalue weighted by Crippen LogP contribution is 2.39. The number of anilines is 2. The average Bonchev–Trinajstić information content (AvgIpc) is 3.25. The molecular weight excluding hydrogens is 665 g/mol. The minimum Gasteiger partial charge on any atom is -1.00 e. The van der Waals surface area contributed by atoms with Gasteiger partial charge in [0, 0.05) is 11.3 Å². The second kappa shape index (κ2) is 17.0. The predicted octanol–water partition coefficient (Wildman–Crippen LogP) is 3.33. The third-order valence-corrected chi connectivity index (χ3v) is 8.69. The molecule has 0 bridgehead atoms. The zero-order valence-electron chi connectivity index (χ0n) is 25.3. The Kier molecular flexibility index (Phi) is 13.8. The fourth-order valence-electron chi connectivity index (χ4n) is 5.16. The number of fused-ring (bicyclic) bond motifs is 2. The van der Waals surface area contributed by atoms with Crippen LogP contribution in [0, 0.1) is 6.92 Å². The molecule has 2 aromatic rings. The molecule has 4 rings (SSSR count). The number of piperazine rings is 1. The van der Waals surface area contributed by atoms with Gasteiger partial charge in [0.05, 0.1) is 56.7 Å². The van der Waals surface area contributed by atoms with E-state index in [2.05, 4.69) is 48.6 Å². The van der Waals surface area contributed by atoms with Crippen molar-refractivity contribution < 1.29 is 47.5 Å². The molecule has 0 spiro atoms. The van der Waals surface area contributed by atoms with Crippen molar-refractivity contribution in [2.24, 2.45) is 4.99 Å². The zero-order valence-corrected chi connectivity index (χ0v) is 28.2. The number of rotatable bonds is 13. The highest BCUT2D eigenvalue weighted by molar-refractivity contribution is 7.16. The van der Waals surface area contributed by atoms with Gasteiger partial charge in [-0.05, 0) is 31.5 Å². The number of aryl methyl sites for hydroxylation is 1. The number of nitrogens with zero attached hydrogens (tertiary/aromatic N) is 3. The number of thiophene rings is 1. The van der Waals surface area contributed by atoms with E-state index in [0.717, 1.165) is 66.8 Å². The van der Waals surface area contributed by atoms with Crippen LogP contribution in [-0.4, -0.2) is 80.4 Å². The molecule has 0 aliphatic carbocycles. The maximum atomic E-state index is 12.3. The smallest absolute Gasteiger partial charge is 0.411 e. The highest BCUT2D eigenvalue weighted by atomic mass is 127. The van der Waals surface area contributed by atoms with Crippen LogP contribution in [0.2, 0.25) is 0 Å². The Labute approximate surface area is 271 Å². The minimum absolute atomic E-state index is 0. The summed E-state index contributed by atoms with van der Waals surface area (Å²) in [5, 5.41) is 7.39. The van der Waals surface area contributed by atoms with Crippen molar-refractivity contribution in [1.29, 1.82) is 0 Å². The molecular formula is C31H46IN5O4S. The van der Waals surface area contributed by atoms with Gasteiger partial charge < -0.3 is 49.0 Å². The van der Waals surface area contributed by atoms with Crippen LogP contribution in [0.3, 0.4) is 0 Å². The Bertz CT molecular complexity index is 1200. The van der Waals surface area contributed by atoms with Crippen molar-refractivity contribution in [3.8, 4) is 0 Å². The normalized spacial score (nSPS) is 15.2. The third kappa shape index (κ3) is 10.1. The van der Waals surface area contributed by atoms with Gasteiger partial charge in [-0.25, -0.2) is 9.79 Å². The molecule has 1 aromatic carbocycles. The van der Waals surface area contributed by atoms with Crippen molar-refractivity contribution in [1.82, 2.24) is 10.2 Å². The van der Waals surface area contributed by atoms with E-state index in [1.54, 1.807) is 11.3 Å². The fraction of sp³-hybridized carbons (Fsp3) is 0.581. The van der Waals surface area contributed by atoms with Gasteiger partial charge in [-0.15, -0.1) is 11.3 Å². The number of amidine groups is 1. The van der Waals surface area contributed by atoms with Gasteiger partial charge in [0.15, 0.2) is 0 Å². The van der Waals surface area contributed by atoms with Crippen molar-refractivity contribution >= 4 is 45.6 Å². The molecule has 1 amide bonds. The number of alkyl carbamates (subject to hydrolysis) is 1. The van der Waals surface area contributed by atoms with Gasteiger partial charge in [0.1, 0.15) is 17.4 Å². The van der Waals surface area contributed by atoms with E-state index in [1.807, 2.05) is 18.2 Å². The van der Waals surface area contributed by atoms with E-state index in [0.29, 0.717) is 10.9 Å². The number of aliphatic imine (C=N–C) groups is 1. The van der Waals surface area contributed by atoms with Gasteiger partial charge in [-0.2, -0.15) is 0 Å². The molecule has 11 heteroatoms. The van der Waals surface area contributed by atoms with Crippen molar-refractivity contribution in [2.45, 2.75) is 65.2 Å². The van der Waals surface area contributed by atoms with Crippen molar-refractivity contribution in [3.05, 3.63) is 40.8 Å². The number of amides is 1. The number of benzene rings is 1. The van der Waals surface area contributed by atoms with Crippen LogP contribution in [0.25, 0.3) is 0 Å². The number of hydrogen-bond donors (Lipinski definition) is 2. The average molecular weight is 712 g/mol. The van der Waals surface area contributed by atoms with Crippen LogP contribution >= 0.6 is 11.3 Å². The first-order valence-corrected chi connectivity index (χ1v) is 15.9. The lowest BCUT2D eigenvalue weighted by atomic mass is 10.1. The molecule has 2 aliphatic heterocycles. The minimum atomic E-state index is -0.482. The Morgan fingerprint density at radius 2 is 1.79 bits per heavy atom. The lowest BCUT2D eigenvalue weighted by Crippen LogP contribution is -3.00. The number of halogens is 1. The Balaban J connectivity index is 0.00000484. The number of unbranched alkanes of at least 4 members (excludes halogenated alkanes) is 6. The Morgan fingerprint density at radius 3 is 2.55 bits per heavy atom. The first kappa shape index (κ1) is 34.1. The lowest BCUT2D eigenvalue weighted by Gasteiger charge is -2.42. The van der Waals surface area contributed by atoms with Gasteiger partial charge in [0.25, 0.3) is 0 Å². The summed E-state index contributed by atoms with van der Waals surface area (Å²) in [6, 6.07) is 10.4. The number of esters is 1. The molecule has 0 saturated carbocycles. The van der Waals surface area contributed by atoms with Crippen LogP contribution in [-0.2, 0) is 14.3 Å². The molecule has 0 radical (unpaired) electrons. The van der Waals surface area contributed by atoms with E-state index >= 15 is 0 Å². The number of ether oxygens (including phenoxy) is 2. The second-order valence-electron chi connectivity index (χ2n) is 11.3. The number of quaternary nitrogens is 1. The number of carbonyl (C=O) groups excluding carboxylic acids is 2. The number of carbonyl (C=O) groups is 2. The van der Waals surface area contributed by atoms with E-state index in [9.17, 15) is 9.59 Å². The molecule has 2 N–H and O–H groups in total. The summed E-state index contributed by atoms with van der Waals surface area (Å²) < 4.78 is 11.4. The SMILES string of the molecule is CCCCCCCCCC(=O)OCCNC(=O)OC[N+]1(C)CCN(C2=Nc3ccccc3Nc3sc(C)cc32)CC1.[I-]. The first-order valence-electron chi connectivity index (χ1n) is 15.1. The third-order valence-electron chi connectivity index (χ3n) is 7.72. The monoisotopic (exact) mass is 711 g/mol. The molecule has 0 unspecified atom stereocenters. The molecule has 1 fully saturated rings. The van der Waals surface area contributed by atoms with Crippen LogP contribution in [0.5, 0.6) is 0 Å². The quantitative estimate of drug-likeness (QED) is 0.144. The van der Waals surface area contributed by atoms with Gasteiger partial charge in [0.2, 0.25) is 6.73 Å². The lowest BCUT2D eigenvalue weighted by molar-refractivity contribution is -0.928. The van der Waals surface area contributed by atoms with Gasteiger partial charge in [-0.3, -0.25) is 9.28 Å². The number of hydrogen-bond acceptors (Lipinski definition) is 8. The zero-order chi connectivity index (χ0) is 29.1. The summed E-state index contributed by atoms with van der Waals surface area (Å²) in [6.07, 6.45) is 8.10. The number of para-hydroxylation sites is 2. The van der Waals surface area contributed by atoms with Crippen molar-refractivity contribution in [3.63, 3.8) is 0 Å². The largest absolute Gasteiger partial charge is 1.00 e. The summed E-state index contributed by atoms with van der Waals surface area (Å²) in [7, 11) is 2.11. The molecule has 3 heterocycles. The molecule has 1 aromatic heterocycles. The van der Waals surface area contributed by atoms with E-state index in [-0.39, 0.29) is 49.8 Å². The van der Waals surface area contributed by atoms with Crippen LogP contribution in [0.4, 0.5) is 21.2 Å². The molecule has 2 aliphatic rings. The fourth-order valence-corrected chi connectivity index (χ4v) is 6.08. The molecule has 0 atom stereocenters. The summed E-state index contributed by atoms with van der Waals surface area (Å²) in [5.41, 5.74) is 3.10. The van der Waals surface area contributed by atoms with Crippen LogP contribution in [0.15, 0.2) is 35.3 Å². The Morgan fingerprint density at radius 1 is 1.07 bits per heavy atom. The van der Waals surface area contributed by atoms with Crippen LogP contribution in [0.1, 0.15) is 68.7 Å². The molecule has 9 nitrogen and oxygen atoms in total. The van der Waals surface area contributed by atoms with E-state index in [1.165, 1.54) is 37.0 Å². The molecule has 1 saturated heterocycles. The molecule has 42 heavy (non-hydrogen) atoms. The second-order valence-corrected chi connectivity index (χ2v) is 12.6. The first-order chi connectivity index (χ1) is 19.9. The number of likely N-dealkylation sites (N-methyl/N-ethyl adjacent to an activating group) is 1. The van der Waals surface area contributed by atoms with Crippen LogP contribution < -0.4 is 34.6 Å². The van der Waals surface area contributed by atoms with Gasteiger partial charge >= 0.3 is 12.1 Å². The summed E-state index contributed by atoms with van der Waals surface area (Å²) >= 11 is 1.75. The Hall–Kier alpha value is -2.38. The maximum Gasteiger partial charge on any atom is 0.411 e. The van der Waals surface area contributed by atoms with E-state index in [4.69, 9.17) is 14.5 Å². The predicted molar refractivity (Wildman–Crippen MR) is 165 cm³/mol.